The molecule has 0 saturated heterocycles. The summed E-state index contributed by atoms with van der Waals surface area (Å²) in [4.78, 5) is 19.1. The summed E-state index contributed by atoms with van der Waals surface area (Å²) < 4.78 is 7.21. The van der Waals surface area contributed by atoms with Crippen molar-refractivity contribution in [1.29, 1.82) is 0 Å². The molecule has 3 N–H and O–H groups in total. The van der Waals surface area contributed by atoms with Crippen molar-refractivity contribution in [2.24, 2.45) is 4.99 Å². The highest BCUT2D eigenvalue weighted by Gasteiger charge is 2.14. The molecule has 0 saturated carbocycles. The minimum atomic E-state index is -0.499. The molecule has 146 valence electrons. The third-order valence-corrected chi connectivity index (χ3v) is 4.77. The number of benzene rings is 1. The lowest BCUT2D eigenvalue weighted by Gasteiger charge is -2.16. The molecule has 1 aromatic carbocycles. The van der Waals surface area contributed by atoms with Crippen LogP contribution in [0.1, 0.15) is 37.6 Å². The summed E-state index contributed by atoms with van der Waals surface area (Å²) in [5.74, 6) is 0.868. The molecule has 28 heavy (non-hydrogen) atoms. The first kappa shape index (κ1) is 19.8. The van der Waals surface area contributed by atoms with Crippen LogP contribution in [0.15, 0.2) is 50.6 Å². The van der Waals surface area contributed by atoms with Gasteiger partial charge < -0.3 is 14.6 Å². The van der Waals surface area contributed by atoms with Crippen molar-refractivity contribution in [3.05, 3.63) is 62.8 Å². The lowest BCUT2D eigenvalue weighted by atomic mass is 10.1. The zero-order chi connectivity index (χ0) is 20.3. The number of aliphatic imine (C=N–C) groups is 1. The Morgan fingerprint density at radius 1 is 1.36 bits per heavy atom. The number of aromatic nitrogens is 2. The molecule has 2 aromatic heterocycles. The van der Waals surface area contributed by atoms with Gasteiger partial charge in [-0.1, -0.05) is 19.1 Å². The normalized spacial score (nSPS) is 12.5. The van der Waals surface area contributed by atoms with E-state index in [9.17, 15) is 9.90 Å². The molecule has 0 aliphatic rings. The van der Waals surface area contributed by atoms with Crippen LogP contribution >= 0.6 is 12.2 Å². The first-order chi connectivity index (χ1) is 13.4. The summed E-state index contributed by atoms with van der Waals surface area (Å²) in [5, 5.41) is 19.7. The summed E-state index contributed by atoms with van der Waals surface area (Å²) in [6.07, 6.45) is 2.06. The summed E-state index contributed by atoms with van der Waals surface area (Å²) in [5.41, 5.74) is 0.902. The number of hydrogen-bond acceptors (Lipinski definition) is 6. The predicted octanol–water partition coefficient (Wildman–Crippen LogP) is 4.09. The Hall–Kier alpha value is -2.97. The summed E-state index contributed by atoms with van der Waals surface area (Å²) >= 11 is 5.16. The van der Waals surface area contributed by atoms with Gasteiger partial charge in [-0.3, -0.25) is 19.3 Å². The number of hydrogen-bond donors (Lipinski definition) is 3. The van der Waals surface area contributed by atoms with E-state index < -0.39 is 5.56 Å². The first-order valence-corrected chi connectivity index (χ1v) is 9.27. The van der Waals surface area contributed by atoms with Gasteiger partial charge in [0.15, 0.2) is 4.77 Å². The Balaban J connectivity index is 1.97. The molecule has 0 unspecified atom stereocenters. The van der Waals surface area contributed by atoms with E-state index in [1.807, 2.05) is 19.9 Å². The number of nitrogens with one attached hydrogen (secondary N) is 1. The standard InChI is InChI=1S/C20H21N3O4S/c1-3-12(2)23-19(26)16(18(25)22-20(23)28)10-21-14-6-4-5-13(9-14)17-8-7-15(11-24)27-17/h4-10,12,24,26H,3,11H2,1-2H3,(H,22,25,28)/t12-/m0/s1. The number of aliphatic hydroxyl groups excluding tert-OH is 1. The Labute approximate surface area is 166 Å². The van der Waals surface area contributed by atoms with Crippen molar-refractivity contribution in [3.63, 3.8) is 0 Å². The number of nitrogens with zero attached hydrogens (tertiary/aromatic N) is 2. The molecular formula is C20H21N3O4S. The zero-order valence-electron chi connectivity index (χ0n) is 15.5. The molecule has 2 heterocycles. The molecule has 0 aliphatic heterocycles. The maximum Gasteiger partial charge on any atom is 0.264 e. The van der Waals surface area contributed by atoms with Gasteiger partial charge >= 0.3 is 0 Å². The van der Waals surface area contributed by atoms with Crippen molar-refractivity contribution in [2.45, 2.75) is 32.9 Å². The van der Waals surface area contributed by atoms with Gasteiger partial charge in [-0.15, -0.1) is 0 Å². The number of aliphatic hydroxyl groups is 1. The van der Waals surface area contributed by atoms with E-state index in [1.54, 1.807) is 30.3 Å². The van der Waals surface area contributed by atoms with E-state index in [-0.39, 0.29) is 28.9 Å². The first-order valence-electron chi connectivity index (χ1n) is 8.86. The second-order valence-corrected chi connectivity index (χ2v) is 6.74. The van der Waals surface area contributed by atoms with Crippen LogP contribution in [0.25, 0.3) is 11.3 Å². The van der Waals surface area contributed by atoms with E-state index in [4.69, 9.17) is 21.7 Å². The summed E-state index contributed by atoms with van der Waals surface area (Å²) in [6.45, 7) is 3.70. The highest BCUT2D eigenvalue weighted by molar-refractivity contribution is 7.71. The second-order valence-electron chi connectivity index (χ2n) is 6.36. The highest BCUT2D eigenvalue weighted by atomic mass is 32.1. The van der Waals surface area contributed by atoms with E-state index in [0.29, 0.717) is 17.2 Å². The molecule has 1 atom stereocenters. The number of rotatable bonds is 6. The summed E-state index contributed by atoms with van der Waals surface area (Å²) in [7, 11) is 0. The van der Waals surface area contributed by atoms with Crippen LogP contribution in [-0.4, -0.2) is 26.0 Å². The maximum absolute atomic E-state index is 12.2. The van der Waals surface area contributed by atoms with Crippen molar-refractivity contribution >= 4 is 24.1 Å². The lowest BCUT2D eigenvalue weighted by molar-refractivity contribution is 0.248. The van der Waals surface area contributed by atoms with Crippen LogP contribution in [0.4, 0.5) is 5.69 Å². The van der Waals surface area contributed by atoms with Crippen LogP contribution in [0.3, 0.4) is 0 Å². The molecule has 0 fully saturated rings. The third-order valence-electron chi connectivity index (χ3n) is 4.48. The summed E-state index contributed by atoms with van der Waals surface area (Å²) in [6, 6.07) is 10.6. The quantitative estimate of drug-likeness (QED) is 0.428. The molecule has 0 radical (unpaired) electrons. The molecule has 8 heteroatoms. The smallest absolute Gasteiger partial charge is 0.264 e. The maximum atomic E-state index is 12.2. The predicted molar refractivity (Wildman–Crippen MR) is 110 cm³/mol. The van der Waals surface area contributed by atoms with Crippen LogP contribution in [0.2, 0.25) is 0 Å². The van der Waals surface area contributed by atoms with E-state index in [0.717, 1.165) is 12.0 Å². The van der Waals surface area contributed by atoms with Crippen molar-refractivity contribution in [1.82, 2.24) is 9.55 Å². The molecule has 0 spiro atoms. The second kappa shape index (κ2) is 8.37. The molecular weight excluding hydrogens is 378 g/mol. The van der Waals surface area contributed by atoms with Gasteiger partial charge in [-0.05, 0) is 49.8 Å². The van der Waals surface area contributed by atoms with Crippen molar-refractivity contribution in [3.8, 4) is 17.2 Å². The van der Waals surface area contributed by atoms with E-state index in [2.05, 4.69) is 9.98 Å². The van der Waals surface area contributed by atoms with Gasteiger partial charge in [-0.25, -0.2) is 0 Å². The van der Waals surface area contributed by atoms with E-state index in [1.165, 1.54) is 10.8 Å². The number of H-pyrrole nitrogens is 1. The zero-order valence-corrected chi connectivity index (χ0v) is 16.4. The largest absolute Gasteiger partial charge is 0.494 e. The van der Waals surface area contributed by atoms with Gasteiger partial charge in [0.05, 0.1) is 5.69 Å². The molecule has 0 bridgehead atoms. The molecule has 3 aromatic rings. The Morgan fingerprint density at radius 2 is 2.14 bits per heavy atom. The fourth-order valence-corrected chi connectivity index (χ4v) is 3.12. The van der Waals surface area contributed by atoms with Crippen LogP contribution < -0.4 is 5.56 Å². The van der Waals surface area contributed by atoms with Gasteiger partial charge in [0.25, 0.3) is 5.56 Å². The topological polar surface area (TPSA) is 104 Å². The van der Waals surface area contributed by atoms with Gasteiger partial charge in [0.2, 0.25) is 5.88 Å². The minimum Gasteiger partial charge on any atom is -0.494 e. The number of aromatic hydroxyl groups is 1. The van der Waals surface area contributed by atoms with Gasteiger partial charge in [0, 0.05) is 17.8 Å². The van der Waals surface area contributed by atoms with Crippen molar-refractivity contribution in [2.75, 3.05) is 0 Å². The molecule has 0 amide bonds. The van der Waals surface area contributed by atoms with Crippen LogP contribution in [0.5, 0.6) is 5.88 Å². The number of aromatic amines is 1. The third kappa shape index (κ3) is 3.97. The average Bonchev–Trinajstić information content (AvgIpc) is 3.17. The fraction of sp³-hybridized carbons (Fsp3) is 0.250. The number of furan rings is 1. The van der Waals surface area contributed by atoms with Gasteiger partial charge in [-0.2, -0.15) is 0 Å². The Morgan fingerprint density at radius 3 is 2.82 bits per heavy atom. The molecule has 3 rings (SSSR count). The lowest BCUT2D eigenvalue weighted by Crippen LogP contribution is -2.20. The molecule has 0 aliphatic carbocycles. The monoisotopic (exact) mass is 399 g/mol. The van der Waals surface area contributed by atoms with Crippen molar-refractivity contribution < 1.29 is 14.6 Å². The van der Waals surface area contributed by atoms with Crippen LogP contribution in [0, 0.1) is 4.77 Å². The highest BCUT2D eigenvalue weighted by Crippen LogP contribution is 2.26. The Bertz CT molecular complexity index is 1130. The minimum absolute atomic E-state index is 0.0415. The molecule has 7 nitrogen and oxygen atoms in total. The van der Waals surface area contributed by atoms with E-state index >= 15 is 0 Å². The van der Waals surface area contributed by atoms with Crippen LogP contribution in [-0.2, 0) is 6.61 Å². The SMILES string of the molecule is CC[C@H](C)n1c(O)c(C=Nc2cccc(-c3ccc(CO)o3)c2)c(=O)[nH]c1=S. The fourth-order valence-electron chi connectivity index (χ4n) is 2.76. The Kier molecular flexibility index (Phi) is 5.91. The van der Waals surface area contributed by atoms with Gasteiger partial charge in [0.1, 0.15) is 23.7 Å². The average molecular weight is 399 g/mol.